The van der Waals surface area contributed by atoms with Crippen LogP contribution in [0.2, 0.25) is 5.02 Å². The van der Waals surface area contributed by atoms with Crippen molar-refractivity contribution in [3.8, 4) is 0 Å². The van der Waals surface area contributed by atoms with Gasteiger partial charge in [-0.2, -0.15) is 0 Å². The Morgan fingerprint density at radius 2 is 2.07 bits per heavy atom. The van der Waals surface area contributed by atoms with Gasteiger partial charge in [0.15, 0.2) is 0 Å². The Hall–Kier alpha value is -1.22. The molecule has 0 heterocycles. The van der Waals surface area contributed by atoms with Gasteiger partial charge in [-0.25, -0.2) is 4.79 Å². The van der Waals surface area contributed by atoms with Crippen LogP contribution in [0, 0.1) is 0 Å². The summed E-state index contributed by atoms with van der Waals surface area (Å²) in [4.78, 5) is 10.2. The summed E-state index contributed by atoms with van der Waals surface area (Å²) in [6.45, 7) is 1.71. The average molecular weight is 215 g/mol. The molecule has 1 atom stereocenters. The van der Waals surface area contributed by atoms with Crippen LogP contribution in [-0.2, 0) is 11.2 Å². The molecule has 0 aromatic heterocycles. The largest absolute Gasteiger partial charge is 0.506 e. The van der Waals surface area contributed by atoms with Crippen LogP contribution in [0.3, 0.4) is 0 Å². The van der Waals surface area contributed by atoms with Crippen molar-refractivity contribution < 1.29 is 14.6 Å². The summed E-state index contributed by atoms with van der Waals surface area (Å²) in [7, 11) is 0. The van der Waals surface area contributed by atoms with Crippen molar-refractivity contribution in [2.75, 3.05) is 0 Å². The molecule has 0 aliphatic heterocycles. The number of benzene rings is 1. The van der Waals surface area contributed by atoms with Gasteiger partial charge in [0.25, 0.3) is 0 Å². The van der Waals surface area contributed by atoms with Crippen LogP contribution in [0.25, 0.3) is 0 Å². The molecule has 0 radical (unpaired) electrons. The van der Waals surface area contributed by atoms with E-state index < -0.39 is 6.16 Å². The van der Waals surface area contributed by atoms with E-state index in [-0.39, 0.29) is 6.10 Å². The lowest BCUT2D eigenvalue weighted by molar-refractivity contribution is 0.0593. The maximum absolute atomic E-state index is 10.2. The molecule has 0 fully saturated rings. The molecule has 0 saturated carbocycles. The van der Waals surface area contributed by atoms with Gasteiger partial charge in [0.1, 0.15) is 6.10 Å². The summed E-state index contributed by atoms with van der Waals surface area (Å²) < 4.78 is 4.57. The highest BCUT2D eigenvalue weighted by atomic mass is 35.5. The Labute approximate surface area is 87.3 Å². The van der Waals surface area contributed by atoms with Crippen LogP contribution >= 0.6 is 11.6 Å². The van der Waals surface area contributed by atoms with E-state index in [1.54, 1.807) is 19.1 Å². The number of carbonyl (C=O) groups is 1. The maximum atomic E-state index is 10.2. The minimum absolute atomic E-state index is 0.339. The molecule has 1 rings (SSSR count). The fourth-order valence-corrected chi connectivity index (χ4v) is 1.29. The van der Waals surface area contributed by atoms with E-state index in [9.17, 15) is 4.79 Å². The van der Waals surface area contributed by atoms with E-state index in [4.69, 9.17) is 16.7 Å². The molecular formula is C10H11ClO3. The second-order valence-corrected chi connectivity index (χ2v) is 3.46. The highest BCUT2D eigenvalue weighted by Crippen LogP contribution is 2.11. The molecule has 0 amide bonds. The molecular weight excluding hydrogens is 204 g/mol. The second kappa shape index (κ2) is 4.86. The third kappa shape index (κ3) is 3.66. The number of hydrogen-bond acceptors (Lipinski definition) is 2. The molecule has 0 aliphatic rings. The highest BCUT2D eigenvalue weighted by molar-refractivity contribution is 6.30. The van der Waals surface area contributed by atoms with Gasteiger partial charge in [-0.3, -0.25) is 0 Å². The topological polar surface area (TPSA) is 46.5 Å². The standard InChI is InChI=1S/C10H11ClO3/c1-7(14-10(12)13)6-8-2-4-9(11)5-3-8/h2-5,7H,6H2,1H3,(H,12,13). The van der Waals surface area contributed by atoms with Crippen molar-refractivity contribution in [1.29, 1.82) is 0 Å². The van der Waals surface area contributed by atoms with Gasteiger partial charge in [-0.15, -0.1) is 0 Å². The van der Waals surface area contributed by atoms with Crippen molar-refractivity contribution in [2.45, 2.75) is 19.4 Å². The van der Waals surface area contributed by atoms with Crippen molar-refractivity contribution in [1.82, 2.24) is 0 Å². The second-order valence-electron chi connectivity index (χ2n) is 3.02. The minimum Gasteiger partial charge on any atom is -0.450 e. The third-order valence-corrected chi connectivity index (χ3v) is 1.99. The Kier molecular flexibility index (Phi) is 3.77. The lowest BCUT2D eigenvalue weighted by Crippen LogP contribution is -2.15. The first-order chi connectivity index (χ1) is 6.58. The van der Waals surface area contributed by atoms with Crippen LogP contribution in [-0.4, -0.2) is 17.4 Å². The predicted octanol–water partition coefficient (Wildman–Crippen LogP) is 2.97. The summed E-state index contributed by atoms with van der Waals surface area (Å²) in [5.74, 6) is 0. The Balaban J connectivity index is 2.51. The first-order valence-corrected chi connectivity index (χ1v) is 4.60. The third-order valence-electron chi connectivity index (χ3n) is 1.74. The lowest BCUT2D eigenvalue weighted by Gasteiger charge is -2.10. The molecule has 1 unspecified atom stereocenters. The van der Waals surface area contributed by atoms with Gasteiger partial charge in [0, 0.05) is 11.4 Å². The molecule has 0 bridgehead atoms. The molecule has 76 valence electrons. The molecule has 1 N–H and O–H groups in total. The summed E-state index contributed by atoms with van der Waals surface area (Å²) in [6.07, 6.45) is -1.02. The van der Waals surface area contributed by atoms with Crippen molar-refractivity contribution in [2.24, 2.45) is 0 Å². The average Bonchev–Trinajstić information content (AvgIpc) is 2.07. The smallest absolute Gasteiger partial charge is 0.450 e. The quantitative estimate of drug-likeness (QED) is 0.787. The first-order valence-electron chi connectivity index (χ1n) is 4.22. The van der Waals surface area contributed by atoms with Crippen LogP contribution in [0.1, 0.15) is 12.5 Å². The van der Waals surface area contributed by atoms with E-state index in [2.05, 4.69) is 4.74 Å². The van der Waals surface area contributed by atoms with E-state index in [0.717, 1.165) is 5.56 Å². The lowest BCUT2D eigenvalue weighted by atomic mass is 10.1. The van der Waals surface area contributed by atoms with Crippen LogP contribution < -0.4 is 0 Å². The summed E-state index contributed by atoms with van der Waals surface area (Å²) >= 11 is 5.71. The van der Waals surface area contributed by atoms with Gasteiger partial charge >= 0.3 is 6.16 Å². The van der Waals surface area contributed by atoms with Crippen LogP contribution in [0.4, 0.5) is 4.79 Å². The number of rotatable bonds is 3. The fourth-order valence-electron chi connectivity index (χ4n) is 1.17. The van der Waals surface area contributed by atoms with Gasteiger partial charge in [0.2, 0.25) is 0 Å². The summed E-state index contributed by atoms with van der Waals surface area (Å²) in [5, 5.41) is 9.03. The molecule has 0 spiro atoms. The minimum atomic E-state index is -1.24. The Morgan fingerprint density at radius 1 is 1.50 bits per heavy atom. The summed E-state index contributed by atoms with van der Waals surface area (Å²) in [5.41, 5.74) is 1.00. The van der Waals surface area contributed by atoms with Crippen LogP contribution in [0.15, 0.2) is 24.3 Å². The summed E-state index contributed by atoms with van der Waals surface area (Å²) in [6, 6.07) is 7.24. The highest BCUT2D eigenvalue weighted by Gasteiger charge is 2.07. The molecule has 14 heavy (non-hydrogen) atoms. The molecule has 3 nitrogen and oxygen atoms in total. The molecule has 1 aromatic carbocycles. The molecule has 0 aliphatic carbocycles. The van der Waals surface area contributed by atoms with E-state index in [1.165, 1.54) is 0 Å². The number of hydrogen-bond donors (Lipinski definition) is 1. The number of ether oxygens (including phenoxy) is 1. The molecule has 4 heteroatoms. The zero-order chi connectivity index (χ0) is 10.6. The SMILES string of the molecule is CC(Cc1ccc(Cl)cc1)OC(=O)O. The van der Waals surface area contributed by atoms with E-state index in [1.807, 2.05) is 12.1 Å². The predicted molar refractivity (Wildman–Crippen MR) is 53.7 cm³/mol. The molecule has 0 saturated heterocycles. The van der Waals surface area contributed by atoms with Crippen molar-refractivity contribution >= 4 is 17.8 Å². The van der Waals surface area contributed by atoms with E-state index >= 15 is 0 Å². The van der Waals surface area contributed by atoms with Gasteiger partial charge in [-0.05, 0) is 24.6 Å². The van der Waals surface area contributed by atoms with E-state index in [0.29, 0.717) is 11.4 Å². The first kappa shape index (κ1) is 10.9. The zero-order valence-corrected chi connectivity index (χ0v) is 8.49. The fraction of sp³-hybridized carbons (Fsp3) is 0.300. The van der Waals surface area contributed by atoms with Gasteiger partial charge < -0.3 is 9.84 Å². The van der Waals surface area contributed by atoms with Gasteiger partial charge in [-0.1, -0.05) is 23.7 Å². The number of halogens is 1. The normalized spacial score (nSPS) is 12.1. The Bertz CT molecular complexity index is 308. The Morgan fingerprint density at radius 3 is 2.57 bits per heavy atom. The van der Waals surface area contributed by atoms with Crippen molar-refractivity contribution in [3.63, 3.8) is 0 Å². The zero-order valence-electron chi connectivity index (χ0n) is 7.74. The van der Waals surface area contributed by atoms with Crippen molar-refractivity contribution in [3.05, 3.63) is 34.9 Å². The van der Waals surface area contributed by atoms with Gasteiger partial charge in [0.05, 0.1) is 0 Å². The monoisotopic (exact) mass is 214 g/mol. The molecule has 1 aromatic rings. The number of carboxylic acid groups (broad SMARTS) is 1. The van der Waals surface area contributed by atoms with Crippen LogP contribution in [0.5, 0.6) is 0 Å². The maximum Gasteiger partial charge on any atom is 0.506 e.